The number of anilines is 2. The first-order valence-corrected chi connectivity index (χ1v) is 11.4. The number of carbonyl (C=O) groups excluding carboxylic acids is 3. The zero-order chi connectivity index (χ0) is 22.7. The average molecular weight is 441 g/mol. The summed E-state index contributed by atoms with van der Waals surface area (Å²) in [6.45, 7) is 0.946. The quantitative estimate of drug-likeness (QED) is 0.383. The number of hydrogen-bond donors (Lipinski definition) is 1. The number of nitrogens with zero attached hydrogens (tertiary/aromatic N) is 3. The van der Waals surface area contributed by atoms with Gasteiger partial charge in [0, 0.05) is 29.4 Å². The Morgan fingerprint density at radius 3 is 2.45 bits per heavy atom. The molecule has 0 aliphatic carbocycles. The van der Waals surface area contributed by atoms with Crippen LogP contribution < -0.4 is 15.6 Å². The smallest absolute Gasteiger partial charge is 0.266 e. The Morgan fingerprint density at radius 2 is 1.64 bits per heavy atom. The van der Waals surface area contributed by atoms with Crippen LogP contribution >= 0.6 is 0 Å². The first kappa shape index (κ1) is 19.9. The molecule has 3 aromatic carbocycles. The minimum atomic E-state index is -0.773. The zero-order valence-corrected chi connectivity index (χ0v) is 18.1. The summed E-state index contributed by atoms with van der Waals surface area (Å²) in [7, 11) is 0. The molecular formula is C26H24N4O3. The number of hydrazine groups is 1. The van der Waals surface area contributed by atoms with Gasteiger partial charge in [-0.25, -0.2) is 10.9 Å². The van der Waals surface area contributed by atoms with Gasteiger partial charge in [0.25, 0.3) is 11.8 Å². The normalized spacial score (nSPS) is 22.7. The molecule has 0 aromatic heterocycles. The Bertz CT molecular complexity index is 1310. The second-order valence-corrected chi connectivity index (χ2v) is 8.93. The first-order chi connectivity index (χ1) is 16.1. The Morgan fingerprint density at radius 1 is 0.818 bits per heavy atom. The number of nitrogens with two attached hydrogens (primary N) is 1. The number of hydrogen-bond acceptors (Lipinski definition) is 5. The van der Waals surface area contributed by atoms with Gasteiger partial charge >= 0.3 is 0 Å². The maximum Gasteiger partial charge on any atom is 0.266 e. The summed E-state index contributed by atoms with van der Waals surface area (Å²) in [5, 5.41) is 2.53. The molecule has 3 aromatic rings. The van der Waals surface area contributed by atoms with Crippen molar-refractivity contribution in [3.63, 3.8) is 0 Å². The van der Waals surface area contributed by atoms with Crippen LogP contribution in [-0.4, -0.2) is 35.3 Å². The van der Waals surface area contributed by atoms with Crippen LogP contribution in [-0.2, 0) is 9.59 Å². The number of imide groups is 1. The van der Waals surface area contributed by atoms with Gasteiger partial charge in [0.1, 0.15) is 6.04 Å². The van der Waals surface area contributed by atoms with Crippen molar-refractivity contribution in [3.8, 4) is 0 Å². The lowest BCUT2D eigenvalue weighted by Gasteiger charge is -2.33. The molecule has 0 bridgehead atoms. The molecule has 2 fully saturated rings. The predicted octanol–water partition coefficient (Wildman–Crippen LogP) is 3.53. The van der Waals surface area contributed by atoms with Crippen molar-refractivity contribution in [3.05, 3.63) is 71.8 Å². The van der Waals surface area contributed by atoms with Crippen LogP contribution in [0.15, 0.2) is 60.7 Å². The fraction of sp³-hybridized carbons (Fsp3) is 0.269. The molecule has 0 radical (unpaired) electrons. The maximum atomic E-state index is 13.4. The molecular weight excluding hydrogens is 416 g/mol. The molecule has 1 unspecified atom stereocenters. The van der Waals surface area contributed by atoms with E-state index >= 15 is 0 Å². The summed E-state index contributed by atoms with van der Waals surface area (Å²) in [6.07, 6.45) is 2.59. The van der Waals surface area contributed by atoms with Crippen molar-refractivity contribution in [2.75, 3.05) is 16.3 Å². The molecule has 6 rings (SSSR count). The van der Waals surface area contributed by atoms with Crippen molar-refractivity contribution >= 4 is 39.9 Å². The minimum Gasteiger partial charge on any atom is -0.364 e. The highest BCUT2D eigenvalue weighted by Gasteiger charge is 2.43. The van der Waals surface area contributed by atoms with Crippen LogP contribution in [0, 0.1) is 0 Å². The minimum absolute atomic E-state index is 0.140. The van der Waals surface area contributed by atoms with Gasteiger partial charge in [-0.05, 0) is 43.0 Å². The van der Waals surface area contributed by atoms with E-state index in [1.807, 2.05) is 30.3 Å². The van der Waals surface area contributed by atoms with Crippen LogP contribution in [0.4, 0.5) is 11.4 Å². The third-order valence-electron chi connectivity index (χ3n) is 7.19. The zero-order valence-electron chi connectivity index (χ0n) is 18.1. The Kier molecular flexibility index (Phi) is 4.48. The fourth-order valence-electron chi connectivity index (χ4n) is 5.65. The molecule has 7 heteroatoms. The highest BCUT2D eigenvalue weighted by atomic mass is 16.2. The van der Waals surface area contributed by atoms with Crippen molar-refractivity contribution in [1.29, 1.82) is 0 Å². The second kappa shape index (κ2) is 7.42. The standard InChI is InChI=1S/C26H24N4O3/c27-30-23(31)14-13-22(26(30)33)29-21-9-4-8-17-20(12-11-18(24(17)21)25(29)32)28-15-5-10-19(28)16-6-2-1-3-7-16/h1-4,6-9,11-12,19,22H,5,10,13-15,27H2/t19-,22?/m0/s1. The van der Waals surface area contributed by atoms with Gasteiger partial charge in [-0.2, -0.15) is 0 Å². The molecule has 3 aliphatic rings. The average Bonchev–Trinajstić information content (AvgIpc) is 3.43. The van der Waals surface area contributed by atoms with Gasteiger partial charge in [0.15, 0.2) is 0 Å². The molecule has 2 N–H and O–H groups in total. The van der Waals surface area contributed by atoms with E-state index in [1.54, 1.807) is 0 Å². The fourth-order valence-corrected chi connectivity index (χ4v) is 5.65. The molecule has 2 saturated heterocycles. The lowest BCUT2D eigenvalue weighted by molar-refractivity contribution is -0.149. The topological polar surface area (TPSA) is 86.9 Å². The number of amides is 3. The number of carbonyl (C=O) groups is 3. The lowest BCUT2D eigenvalue weighted by atomic mass is 10.0. The maximum absolute atomic E-state index is 13.4. The van der Waals surface area contributed by atoms with E-state index in [9.17, 15) is 14.4 Å². The van der Waals surface area contributed by atoms with E-state index in [0.717, 1.165) is 35.8 Å². The van der Waals surface area contributed by atoms with E-state index in [4.69, 9.17) is 5.84 Å². The molecule has 2 atom stereocenters. The van der Waals surface area contributed by atoms with Crippen LogP contribution in [0.3, 0.4) is 0 Å². The van der Waals surface area contributed by atoms with Gasteiger partial charge in [-0.1, -0.05) is 42.5 Å². The highest BCUT2D eigenvalue weighted by Crippen LogP contribution is 2.46. The SMILES string of the molecule is NN1C(=O)CCC(N2C(=O)c3ccc(N4CCC[C@H]4c4ccccc4)c4cccc2c34)C1=O. The Balaban J connectivity index is 1.45. The van der Waals surface area contributed by atoms with Gasteiger partial charge in [-0.3, -0.25) is 19.3 Å². The summed E-state index contributed by atoms with van der Waals surface area (Å²) in [4.78, 5) is 42.1. The van der Waals surface area contributed by atoms with E-state index in [1.165, 1.54) is 10.5 Å². The summed E-state index contributed by atoms with van der Waals surface area (Å²) in [5.41, 5.74) is 3.69. The van der Waals surface area contributed by atoms with Gasteiger partial charge in [0.2, 0.25) is 5.91 Å². The molecule has 3 amide bonds. The summed E-state index contributed by atoms with van der Waals surface area (Å²) in [5.74, 6) is 4.53. The second-order valence-electron chi connectivity index (χ2n) is 8.93. The number of rotatable bonds is 3. The monoisotopic (exact) mass is 440 g/mol. The molecule has 33 heavy (non-hydrogen) atoms. The molecule has 0 spiro atoms. The molecule has 166 valence electrons. The van der Waals surface area contributed by atoms with E-state index in [2.05, 4.69) is 35.2 Å². The van der Waals surface area contributed by atoms with Crippen LogP contribution in [0.5, 0.6) is 0 Å². The molecule has 0 saturated carbocycles. The highest BCUT2D eigenvalue weighted by molar-refractivity contribution is 6.28. The third-order valence-corrected chi connectivity index (χ3v) is 7.19. The van der Waals surface area contributed by atoms with Gasteiger partial charge in [0.05, 0.1) is 17.3 Å². The predicted molar refractivity (Wildman–Crippen MR) is 126 cm³/mol. The van der Waals surface area contributed by atoms with Gasteiger partial charge < -0.3 is 4.90 Å². The molecule has 3 aliphatic heterocycles. The van der Waals surface area contributed by atoms with Crippen LogP contribution in [0.1, 0.15) is 47.6 Å². The largest absolute Gasteiger partial charge is 0.364 e. The molecule has 7 nitrogen and oxygen atoms in total. The van der Waals surface area contributed by atoms with Crippen molar-refractivity contribution in [2.24, 2.45) is 5.84 Å². The molecule has 3 heterocycles. The number of piperidine rings is 1. The van der Waals surface area contributed by atoms with Crippen LogP contribution in [0.25, 0.3) is 10.8 Å². The third kappa shape index (κ3) is 2.89. The summed E-state index contributed by atoms with van der Waals surface area (Å²) >= 11 is 0. The van der Waals surface area contributed by atoms with Crippen molar-refractivity contribution in [2.45, 2.75) is 37.8 Å². The first-order valence-electron chi connectivity index (χ1n) is 11.4. The van der Waals surface area contributed by atoms with Crippen LogP contribution in [0.2, 0.25) is 0 Å². The van der Waals surface area contributed by atoms with E-state index < -0.39 is 17.9 Å². The van der Waals surface area contributed by atoms with Gasteiger partial charge in [-0.15, -0.1) is 0 Å². The number of benzene rings is 3. The van der Waals surface area contributed by atoms with Crippen molar-refractivity contribution in [1.82, 2.24) is 5.01 Å². The summed E-state index contributed by atoms with van der Waals surface area (Å²) < 4.78 is 0. The summed E-state index contributed by atoms with van der Waals surface area (Å²) in [6, 6.07) is 19.8. The van der Waals surface area contributed by atoms with Crippen molar-refractivity contribution < 1.29 is 14.4 Å². The van der Waals surface area contributed by atoms with E-state index in [-0.39, 0.29) is 24.8 Å². The Hall–Kier alpha value is -3.71. The van der Waals surface area contributed by atoms with E-state index in [0.29, 0.717) is 16.3 Å². The Labute approximate surface area is 191 Å². The lowest BCUT2D eigenvalue weighted by Crippen LogP contribution is -2.58.